The fraction of sp³-hybridized carbons (Fsp3) is 0.208. The minimum Gasteiger partial charge on any atom is -0.497 e. The smallest absolute Gasteiger partial charge is 0.171 e. The van der Waals surface area contributed by atoms with Crippen molar-refractivity contribution >= 4 is 5.78 Å². The number of fused-ring (bicyclic) bond motifs is 3. The Hall–Kier alpha value is -2.87. The molecular weight excluding hydrogens is 320 g/mol. The highest BCUT2D eigenvalue weighted by atomic mass is 16.5. The van der Waals surface area contributed by atoms with Crippen molar-refractivity contribution in [1.29, 1.82) is 0 Å². The summed E-state index contributed by atoms with van der Waals surface area (Å²) in [5.41, 5.74) is 6.47. The van der Waals surface area contributed by atoms with E-state index in [4.69, 9.17) is 4.74 Å². The maximum atomic E-state index is 13.7. The summed E-state index contributed by atoms with van der Waals surface area (Å²) in [7, 11) is 1.70. The molecule has 0 fully saturated rings. The quantitative estimate of drug-likeness (QED) is 0.660. The summed E-state index contributed by atoms with van der Waals surface area (Å²) in [4.78, 5) is 13.7. The Kier molecular flexibility index (Phi) is 2.45. The van der Waals surface area contributed by atoms with Crippen LogP contribution >= 0.6 is 0 Å². The van der Waals surface area contributed by atoms with Gasteiger partial charge in [-0.3, -0.25) is 4.79 Å². The van der Waals surface area contributed by atoms with E-state index in [1.54, 1.807) is 7.11 Å². The molecule has 0 amide bonds. The first-order valence-corrected chi connectivity index (χ1v) is 9.12. The zero-order valence-corrected chi connectivity index (χ0v) is 14.6. The van der Waals surface area contributed by atoms with Gasteiger partial charge in [0.05, 0.1) is 17.9 Å². The summed E-state index contributed by atoms with van der Waals surface area (Å²) in [5.74, 6) is 1.17. The molecule has 2 nitrogen and oxygen atoms in total. The molecule has 0 aromatic heterocycles. The Morgan fingerprint density at radius 2 is 1.50 bits per heavy atom. The number of carbonyl (C=O) groups excluding carboxylic acids is 1. The van der Waals surface area contributed by atoms with Crippen LogP contribution in [0.15, 0.2) is 66.7 Å². The molecule has 26 heavy (non-hydrogen) atoms. The van der Waals surface area contributed by atoms with Crippen LogP contribution < -0.4 is 4.74 Å². The maximum Gasteiger partial charge on any atom is 0.171 e. The van der Waals surface area contributed by atoms with Crippen molar-refractivity contribution in [2.75, 3.05) is 7.11 Å². The Labute approximate surface area is 152 Å². The molecule has 6 rings (SSSR count). The molecule has 0 N–H and O–H groups in total. The summed E-state index contributed by atoms with van der Waals surface area (Å²) in [5, 5.41) is 0. The number of ether oxygens (including phenoxy) is 1. The molecule has 3 aromatic carbocycles. The van der Waals surface area contributed by atoms with Crippen LogP contribution in [-0.2, 0) is 18.3 Å². The Morgan fingerprint density at radius 3 is 2.35 bits per heavy atom. The zero-order chi connectivity index (χ0) is 17.5. The largest absolute Gasteiger partial charge is 0.497 e. The SMILES string of the molecule is COc1ccc2c(c1)CC13Cc4ccccc4C21c1ccccc1C3=O. The van der Waals surface area contributed by atoms with Gasteiger partial charge in [-0.15, -0.1) is 0 Å². The van der Waals surface area contributed by atoms with Gasteiger partial charge in [-0.25, -0.2) is 0 Å². The van der Waals surface area contributed by atoms with Crippen molar-refractivity contribution in [2.24, 2.45) is 5.41 Å². The topological polar surface area (TPSA) is 26.3 Å². The normalized spacial score (nSPS) is 26.7. The summed E-state index contributed by atoms with van der Waals surface area (Å²) in [6, 6.07) is 23.2. The second kappa shape index (κ2) is 4.45. The van der Waals surface area contributed by atoms with E-state index in [0.29, 0.717) is 5.78 Å². The Balaban J connectivity index is 1.79. The van der Waals surface area contributed by atoms with Crippen LogP contribution in [0.5, 0.6) is 5.75 Å². The lowest BCUT2D eigenvalue weighted by atomic mass is 9.64. The van der Waals surface area contributed by atoms with E-state index in [-0.39, 0.29) is 5.41 Å². The van der Waals surface area contributed by atoms with Crippen LogP contribution in [-0.4, -0.2) is 12.9 Å². The lowest BCUT2D eigenvalue weighted by Gasteiger charge is -2.35. The molecule has 0 heterocycles. The van der Waals surface area contributed by atoms with Crippen molar-refractivity contribution in [2.45, 2.75) is 18.3 Å². The van der Waals surface area contributed by atoms with Gasteiger partial charge in [-0.1, -0.05) is 54.6 Å². The van der Waals surface area contributed by atoms with E-state index >= 15 is 0 Å². The predicted molar refractivity (Wildman–Crippen MR) is 99.9 cm³/mol. The van der Waals surface area contributed by atoms with Crippen molar-refractivity contribution < 1.29 is 9.53 Å². The van der Waals surface area contributed by atoms with Gasteiger partial charge in [-0.05, 0) is 52.8 Å². The third kappa shape index (κ3) is 1.30. The molecule has 126 valence electrons. The van der Waals surface area contributed by atoms with E-state index in [9.17, 15) is 4.79 Å². The first-order chi connectivity index (χ1) is 12.7. The van der Waals surface area contributed by atoms with Crippen molar-refractivity contribution in [3.8, 4) is 5.75 Å². The highest BCUT2D eigenvalue weighted by molar-refractivity contribution is 6.11. The van der Waals surface area contributed by atoms with E-state index in [1.165, 1.54) is 27.8 Å². The highest BCUT2D eigenvalue weighted by Crippen LogP contribution is 2.70. The predicted octanol–water partition coefficient (Wildman–Crippen LogP) is 4.32. The average Bonchev–Trinajstić information content (AvgIpc) is 3.21. The number of ketones is 1. The standard InChI is InChI=1S/C24H18O2/c1-26-17-10-11-20-16(12-17)14-23-13-15-6-2-4-8-19(15)24(20,23)21-9-5-3-7-18(21)22(23)25/h2-12H,13-14H2,1H3. The monoisotopic (exact) mass is 338 g/mol. The van der Waals surface area contributed by atoms with E-state index in [0.717, 1.165) is 24.2 Å². The molecule has 3 aliphatic rings. The fourth-order valence-corrected chi connectivity index (χ4v) is 6.03. The molecule has 0 saturated carbocycles. The first-order valence-electron chi connectivity index (χ1n) is 9.12. The summed E-state index contributed by atoms with van der Waals surface area (Å²) in [6.07, 6.45) is 1.59. The minimum atomic E-state index is -0.422. The van der Waals surface area contributed by atoms with Gasteiger partial charge < -0.3 is 4.74 Å². The van der Waals surface area contributed by atoms with Gasteiger partial charge in [0, 0.05) is 5.56 Å². The van der Waals surface area contributed by atoms with Crippen LogP contribution in [0.2, 0.25) is 0 Å². The molecule has 2 heteroatoms. The number of hydrogen-bond donors (Lipinski definition) is 0. The maximum absolute atomic E-state index is 13.7. The molecule has 0 aliphatic heterocycles. The number of hydrogen-bond acceptors (Lipinski definition) is 2. The van der Waals surface area contributed by atoms with Gasteiger partial charge >= 0.3 is 0 Å². The van der Waals surface area contributed by atoms with Crippen LogP contribution in [0.4, 0.5) is 0 Å². The number of Topliss-reactive ketones (excluding diaryl/α,β-unsaturated/α-hetero) is 1. The van der Waals surface area contributed by atoms with Crippen LogP contribution in [0.25, 0.3) is 0 Å². The third-order valence-corrected chi connectivity index (χ3v) is 6.85. The van der Waals surface area contributed by atoms with Gasteiger partial charge in [-0.2, -0.15) is 0 Å². The molecule has 2 unspecified atom stereocenters. The lowest BCUT2D eigenvalue weighted by molar-refractivity contribution is 0.0790. The van der Waals surface area contributed by atoms with Crippen LogP contribution in [0, 0.1) is 5.41 Å². The fourth-order valence-electron chi connectivity index (χ4n) is 6.03. The molecular formula is C24H18O2. The molecule has 0 radical (unpaired) electrons. The van der Waals surface area contributed by atoms with E-state index in [1.807, 2.05) is 18.2 Å². The summed E-state index contributed by atoms with van der Waals surface area (Å²) in [6.45, 7) is 0. The molecule has 0 bridgehead atoms. The van der Waals surface area contributed by atoms with Gasteiger partial charge in [0.1, 0.15) is 5.75 Å². The second-order valence-corrected chi connectivity index (χ2v) is 7.74. The molecule has 0 spiro atoms. The first kappa shape index (κ1) is 14.3. The van der Waals surface area contributed by atoms with E-state index in [2.05, 4.69) is 48.5 Å². The number of benzene rings is 3. The number of methoxy groups -OCH3 is 1. The lowest BCUT2D eigenvalue weighted by Crippen LogP contribution is -2.41. The Bertz CT molecular complexity index is 1110. The molecule has 0 saturated heterocycles. The van der Waals surface area contributed by atoms with Crippen molar-refractivity contribution in [1.82, 2.24) is 0 Å². The summed E-state index contributed by atoms with van der Waals surface area (Å²) < 4.78 is 5.46. The highest BCUT2D eigenvalue weighted by Gasteiger charge is 2.71. The molecule has 3 aromatic rings. The van der Waals surface area contributed by atoms with Crippen LogP contribution in [0.3, 0.4) is 0 Å². The van der Waals surface area contributed by atoms with Crippen molar-refractivity contribution in [3.05, 3.63) is 100 Å². The van der Waals surface area contributed by atoms with Gasteiger partial charge in [0.25, 0.3) is 0 Å². The van der Waals surface area contributed by atoms with Crippen LogP contribution in [0.1, 0.15) is 38.2 Å². The number of rotatable bonds is 1. The average molecular weight is 338 g/mol. The van der Waals surface area contributed by atoms with Gasteiger partial charge in [0.15, 0.2) is 5.78 Å². The molecule has 3 aliphatic carbocycles. The third-order valence-electron chi connectivity index (χ3n) is 6.85. The second-order valence-electron chi connectivity index (χ2n) is 7.74. The van der Waals surface area contributed by atoms with Crippen molar-refractivity contribution in [3.63, 3.8) is 0 Å². The number of carbonyl (C=O) groups is 1. The Morgan fingerprint density at radius 1 is 0.808 bits per heavy atom. The van der Waals surface area contributed by atoms with Gasteiger partial charge in [0.2, 0.25) is 0 Å². The molecule has 2 atom stereocenters. The van der Waals surface area contributed by atoms with E-state index < -0.39 is 5.41 Å². The zero-order valence-electron chi connectivity index (χ0n) is 14.6. The minimum absolute atomic E-state index is 0.305. The summed E-state index contributed by atoms with van der Waals surface area (Å²) >= 11 is 0.